The SMILES string of the molecule is CN=C(NCc1c(F)cccc1OC(F)F)NCc1ncnn1C.I. The number of alkyl halides is 2. The van der Waals surface area contributed by atoms with Crippen molar-refractivity contribution in [2.45, 2.75) is 19.7 Å². The zero-order valence-corrected chi connectivity index (χ0v) is 15.9. The number of halogens is 4. The molecule has 0 fully saturated rings. The Hall–Kier alpha value is -2.05. The third-order valence-electron chi connectivity index (χ3n) is 3.17. The van der Waals surface area contributed by atoms with Gasteiger partial charge in [0, 0.05) is 26.2 Å². The number of aryl methyl sites for hydroxylation is 1. The Morgan fingerprint density at radius 3 is 2.64 bits per heavy atom. The van der Waals surface area contributed by atoms with Crippen molar-refractivity contribution >= 4 is 29.9 Å². The number of guanidine groups is 1. The van der Waals surface area contributed by atoms with E-state index >= 15 is 0 Å². The molecule has 0 unspecified atom stereocenters. The van der Waals surface area contributed by atoms with E-state index in [0.29, 0.717) is 18.3 Å². The highest BCUT2D eigenvalue weighted by Gasteiger charge is 2.14. The van der Waals surface area contributed by atoms with E-state index in [4.69, 9.17) is 0 Å². The molecule has 0 aliphatic heterocycles. The molecule has 11 heteroatoms. The van der Waals surface area contributed by atoms with Gasteiger partial charge < -0.3 is 15.4 Å². The van der Waals surface area contributed by atoms with Gasteiger partial charge in [0.2, 0.25) is 0 Å². The largest absolute Gasteiger partial charge is 0.434 e. The molecule has 1 aromatic carbocycles. The minimum atomic E-state index is -3.03. The predicted molar refractivity (Wildman–Crippen MR) is 96.5 cm³/mol. The lowest BCUT2D eigenvalue weighted by molar-refractivity contribution is -0.0506. The fourth-order valence-electron chi connectivity index (χ4n) is 1.95. The number of hydrogen-bond acceptors (Lipinski definition) is 4. The molecule has 2 rings (SSSR count). The van der Waals surface area contributed by atoms with E-state index in [2.05, 4.69) is 30.4 Å². The highest BCUT2D eigenvalue weighted by Crippen LogP contribution is 2.23. The lowest BCUT2D eigenvalue weighted by Crippen LogP contribution is -2.37. The van der Waals surface area contributed by atoms with Gasteiger partial charge in [-0.25, -0.2) is 9.37 Å². The molecule has 0 atom stereocenters. The zero-order chi connectivity index (χ0) is 17.5. The summed E-state index contributed by atoms with van der Waals surface area (Å²) in [4.78, 5) is 8.02. The van der Waals surface area contributed by atoms with Crippen LogP contribution in [0.15, 0.2) is 29.5 Å². The Morgan fingerprint density at radius 2 is 2.04 bits per heavy atom. The van der Waals surface area contributed by atoms with Crippen molar-refractivity contribution in [3.05, 3.63) is 41.7 Å². The maximum atomic E-state index is 13.9. The van der Waals surface area contributed by atoms with Crippen LogP contribution in [0.5, 0.6) is 5.75 Å². The number of nitrogens with one attached hydrogen (secondary N) is 2. The van der Waals surface area contributed by atoms with Crippen LogP contribution in [-0.2, 0) is 20.1 Å². The Kier molecular flexibility index (Phi) is 8.45. The molecule has 0 aliphatic rings. The maximum absolute atomic E-state index is 13.9. The monoisotopic (exact) mass is 470 g/mol. The fraction of sp³-hybridized carbons (Fsp3) is 0.357. The molecule has 0 amide bonds. The highest BCUT2D eigenvalue weighted by molar-refractivity contribution is 14.0. The molecule has 0 bridgehead atoms. The molecule has 1 aromatic heterocycles. The van der Waals surface area contributed by atoms with E-state index in [0.717, 1.165) is 0 Å². The average Bonchev–Trinajstić information content (AvgIpc) is 2.94. The molecule has 7 nitrogen and oxygen atoms in total. The van der Waals surface area contributed by atoms with Crippen molar-refractivity contribution in [1.82, 2.24) is 25.4 Å². The average molecular weight is 470 g/mol. The number of aromatic nitrogens is 3. The van der Waals surface area contributed by atoms with Crippen molar-refractivity contribution in [3.8, 4) is 5.75 Å². The Labute approximate surface area is 159 Å². The molecule has 0 spiro atoms. The Morgan fingerprint density at radius 1 is 1.32 bits per heavy atom. The number of ether oxygens (including phenoxy) is 1. The normalized spacial score (nSPS) is 11.2. The van der Waals surface area contributed by atoms with Crippen molar-refractivity contribution in [1.29, 1.82) is 0 Å². The topological polar surface area (TPSA) is 76.4 Å². The molecule has 0 saturated heterocycles. The van der Waals surface area contributed by atoms with Gasteiger partial charge in [-0.2, -0.15) is 13.9 Å². The van der Waals surface area contributed by atoms with Gasteiger partial charge in [0.05, 0.1) is 6.54 Å². The summed E-state index contributed by atoms with van der Waals surface area (Å²) in [6.45, 7) is -2.76. The van der Waals surface area contributed by atoms with E-state index < -0.39 is 12.4 Å². The lowest BCUT2D eigenvalue weighted by atomic mass is 10.2. The standard InChI is InChI=1S/C14H17F3N6O.HI/c1-18-14(20-7-12-21-8-22-23(12)2)19-6-9-10(15)4-3-5-11(9)24-13(16)17;/h3-5,8,13H,6-7H2,1-2H3,(H2,18,19,20);1H. The summed E-state index contributed by atoms with van der Waals surface area (Å²) in [5.41, 5.74) is -0.0144. The summed E-state index contributed by atoms with van der Waals surface area (Å²) >= 11 is 0. The Bertz CT molecular complexity index is 710. The molecule has 1 heterocycles. The summed E-state index contributed by atoms with van der Waals surface area (Å²) < 4.78 is 44.6. The molecule has 138 valence electrons. The van der Waals surface area contributed by atoms with Crippen LogP contribution in [0.4, 0.5) is 13.2 Å². The van der Waals surface area contributed by atoms with Gasteiger partial charge in [-0.3, -0.25) is 9.67 Å². The van der Waals surface area contributed by atoms with E-state index in [1.165, 1.54) is 31.6 Å². The molecule has 25 heavy (non-hydrogen) atoms. The van der Waals surface area contributed by atoms with E-state index in [9.17, 15) is 13.2 Å². The summed E-state index contributed by atoms with van der Waals surface area (Å²) in [5, 5.41) is 9.74. The van der Waals surface area contributed by atoms with Gasteiger partial charge in [-0.15, -0.1) is 24.0 Å². The van der Waals surface area contributed by atoms with E-state index in [-0.39, 0.29) is 41.8 Å². The van der Waals surface area contributed by atoms with Gasteiger partial charge in [-0.05, 0) is 12.1 Å². The minimum absolute atomic E-state index is 0. The minimum Gasteiger partial charge on any atom is -0.434 e. The maximum Gasteiger partial charge on any atom is 0.387 e. The number of rotatable bonds is 6. The number of benzene rings is 1. The Balaban J connectivity index is 0.00000312. The van der Waals surface area contributed by atoms with Gasteiger partial charge in [0.25, 0.3) is 0 Å². The number of aliphatic imine (C=N–C) groups is 1. The first-order valence-corrected chi connectivity index (χ1v) is 7.01. The predicted octanol–water partition coefficient (Wildman–Crippen LogP) is 2.04. The van der Waals surface area contributed by atoms with Crippen LogP contribution in [0.2, 0.25) is 0 Å². The molecular weight excluding hydrogens is 452 g/mol. The first-order chi connectivity index (χ1) is 11.5. The zero-order valence-electron chi connectivity index (χ0n) is 13.5. The van der Waals surface area contributed by atoms with Crippen LogP contribution < -0.4 is 15.4 Å². The molecular formula is C14H18F3IN6O. The number of hydrogen-bond donors (Lipinski definition) is 2. The van der Waals surface area contributed by atoms with Crippen molar-refractivity contribution < 1.29 is 17.9 Å². The van der Waals surface area contributed by atoms with Crippen LogP contribution in [0.3, 0.4) is 0 Å². The molecule has 0 radical (unpaired) electrons. The number of nitrogens with zero attached hydrogens (tertiary/aromatic N) is 4. The second kappa shape index (κ2) is 10.1. The summed E-state index contributed by atoms with van der Waals surface area (Å²) in [7, 11) is 3.28. The second-order valence-electron chi connectivity index (χ2n) is 4.67. The van der Waals surface area contributed by atoms with Crippen LogP contribution in [0, 0.1) is 5.82 Å². The van der Waals surface area contributed by atoms with E-state index in [1.54, 1.807) is 11.7 Å². The first kappa shape index (κ1) is 21.0. The van der Waals surface area contributed by atoms with Crippen LogP contribution in [0.1, 0.15) is 11.4 Å². The third-order valence-corrected chi connectivity index (χ3v) is 3.17. The van der Waals surface area contributed by atoms with Crippen molar-refractivity contribution in [2.24, 2.45) is 12.0 Å². The van der Waals surface area contributed by atoms with Crippen molar-refractivity contribution in [2.75, 3.05) is 7.05 Å². The highest BCUT2D eigenvalue weighted by atomic mass is 127. The van der Waals surface area contributed by atoms with Crippen LogP contribution in [-0.4, -0.2) is 34.4 Å². The molecule has 0 aliphatic carbocycles. The molecule has 0 saturated carbocycles. The van der Waals surface area contributed by atoms with Crippen molar-refractivity contribution in [3.63, 3.8) is 0 Å². The first-order valence-electron chi connectivity index (χ1n) is 7.01. The van der Waals surface area contributed by atoms with Gasteiger partial charge in [-0.1, -0.05) is 6.07 Å². The van der Waals surface area contributed by atoms with Crippen LogP contribution >= 0.6 is 24.0 Å². The molecule has 2 aromatic rings. The summed E-state index contributed by atoms with van der Waals surface area (Å²) in [6.07, 6.45) is 1.42. The lowest BCUT2D eigenvalue weighted by Gasteiger charge is -2.15. The molecule has 2 N–H and O–H groups in total. The smallest absolute Gasteiger partial charge is 0.387 e. The van der Waals surface area contributed by atoms with E-state index in [1.807, 2.05) is 0 Å². The van der Waals surface area contributed by atoms with Gasteiger partial charge >= 0.3 is 6.61 Å². The summed E-state index contributed by atoms with van der Waals surface area (Å²) in [5.74, 6) is 0.153. The summed E-state index contributed by atoms with van der Waals surface area (Å²) in [6, 6.07) is 3.75. The van der Waals surface area contributed by atoms with Crippen LogP contribution in [0.25, 0.3) is 0 Å². The second-order valence-corrected chi connectivity index (χ2v) is 4.67. The third kappa shape index (κ3) is 6.07. The van der Waals surface area contributed by atoms with Gasteiger partial charge in [0.1, 0.15) is 23.7 Å². The quantitative estimate of drug-likeness (QED) is 0.384. The fourth-order valence-corrected chi connectivity index (χ4v) is 1.95. The van der Waals surface area contributed by atoms with Gasteiger partial charge in [0.15, 0.2) is 5.96 Å².